The van der Waals surface area contributed by atoms with Crippen molar-refractivity contribution in [2.45, 2.75) is 32.9 Å². The molecule has 0 spiro atoms. The smallest absolute Gasteiger partial charge is 0.268 e. The van der Waals surface area contributed by atoms with Crippen LogP contribution in [0.1, 0.15) is 30.4 Å². The van der Waals surface area contributed by atoms with E-state index in [9.17, 15) is 4.79 Å². The van der Waals surface area contributed by atoms with Gasteiger partial charge in [-0.25, -0.2) is 4.98 Å². The van der Waals surface area contributed by atoms with Crippen LogP contribution in [0.15, 0.2) is 0 Å². The summed E-state index contributed by atoms with van der Waals surface area (Å²) in [7, 11) is 1.94. The van der Waals surface area contributed by atoms with Gasteiger partial charge in [-0.1, -0.05) is 11.3 Å². The lowest BCUT2D eigenvalue weighted by Crippen LogP contribution is -2.50. The molecule has 2 unspecified atom stereocenters. The molecular weight excluding hydrogens is 276 g/mol. The quantitative estimate of drug-likeness (QED) is 0.914. The summed E-state index contributed by atoms with van der Waals surface area (Å²) >= 11 is 1.35. The Labute approximate surface area is 123 Å². The monoisotopic (exact) mass is 298 g/mol. The lowest BCUT2D eigenvalue weighted by Gasteiger charge is -2.36. The molecule has 20 heavy (non-hydrogen) atoms. The van der Waals surface area contributed by atoms with Crippen molar-refractivity contribution in [3.05, 3.63) is 4.88 Å². The Balaban J connectivity index is 2.22. The van der Waals surface area contributed by atoms with E-state index in [1.54, 1.807) is 0 Å². The van der Waals surface area contributed by atoms with E-state index in [0.29, 0.717) is 23.8 Å². The maximum absolute atomic E-state index is 12.6. The minimum atomic E-state index is -0.0431. The first-order valence-corrected chi connectivity index (χ1v) is 7.65. The van der Waals surface area contributed by atoms with Crippen LogP contribution in [-0.4, -0.2) is 54.7 Å². The van der Waals surface area contributed by atoms with Crippen molar-refractivity contribution >= 4 is 28.2 Å². The molecule has 1 aliphatic rings. The maximum atomic E-state index is 12.6. The number of hydrogen-bond acceptors (Lipinski definition) is 6. The van der Waals surface area contributed by atoms with Crippen LogP contribution in [0.4, 0.5) is 10.9 Å². The first-order valence-electron chi connectivity index (χ1n) is 6.84. The molecule has 1 aromatic rings. The molecule has 0 radical (unpaired) electrons. The van der Waals surface area contributed by atoms with Crippen LogP contribution in [0.25, 0.3) is 0 Å². The van der Waals surface area contributed by atoms with Crippen molar-refractivity contribution < 1.29 is 9.53 Å². The van der Waals surface area contributed by atoms with Crippen LogP contribution >= 0.6 is 11.3 Å². The van der Waals surface area contributed by atoms with E-state index in [4.69, 9.17) is 10.5 Å². The van der Waals surface area contributed by atoms with Crippen molar-refractivity contribution in [3.63, 3.8) is 0 Å². The molecule has 112 valence electrons. The third-order valence-electron chi connectivity index (χ3n) is 3.51. The first kappa shape index (κ1) is 15.1. The Kier molecular flexibility index (Phi) is 4.49. The summed E-state index contributed by atoms with van der Waals surface area (Å²) in [6.45, 7) is 7.97. The summed E-state index contributed by atoms with van der Waals surface area (Å²) < 4.78 is 5.55. The van der Waals surface area contributed by atoms with Crippen LogP contribution < -0.4 is 10.6 Å². The number of carbonyl (C=O) groups excluding carboxylic acids is 1. The molecule has 0 saturated carbocycles. The number of rotatable bonds is 3. The average Bonchev–Trinajstić information content (AvgIpc) is 2.82. The number of amides is 1. The molecule has 2 N–H and O–H groups in total. The largest absolute Gasteiger partial charge is 0.382 e. The van der Waals surface area contributed by atoms with Gasteiger partial charge in [0.25, 0.3) is 5.91 Å². The molecule has 1 saturated heterocycles. The van der Waals surface area contributed by atoms with Crippen molar-refractivity contribution in [1.82, 2.24) is 9.88 Å². The highest BCUT2D eigenvalue weighted by Crippen LogP contribution is 2.29. The van der Waals surface area contributed by atoms with Gasteiger partial charge in [-0.05, 0) is 20.8 Å². The van der Waals surface area contributed by atoms with Gasteiger partial charge in [0.2, 0.25) is 0 Å². The topological polar surface area (TPSA) is 71.7 Å². The summed E-state index contributed by atoms with van der Waals surface area (Å²) in [4.78, 5) is 21.3. The Morgan fingerprint density at radius 1 is 1.60 bits per heavy atom. The lowest BCUT2D eigenvalue weighted by atomic mass is 10.2. The molecule has 2 heterocycles. The highest BCUT2D eigenvalue weighted by atomic mass is 32.1. The number of hydrogen-bond donors (Lipinski definition) is 1. The van der Waals surface area contributed by atoms with Crippen molar-refractivity contribution in [2.24, 2.45) is 0 Å². The molecule has 2 atom stereocenters. The first-order chi connectivity index (χ1) is 9.43. The van der Waals surface area contributed by atoms with Gasteiger partial charge in [0.1, 0.15) is 10.7 Å². The van der Waals surface area contributed by atoms with Crippen LogP contribution in [0, 0.1) is 0 Å². The van der Waals surface area contributed by atoms with Gasteiger partial charge < -0.3 is 20.3 Å². The van der Waals surface area contributed by atoms with E-state index in [1.807, 2.05) is 37.6 Å². The fourth-order valence-corrected chi connectivity index (χ4v) is 3.05. The third-order valence-corrected chi connectivity index (χ3v) is 4.68. The van der Waals surface area contributed by atoms with Gasteiger partial charge >= 0.3 is 0 Å². The van der Waals surface area contributed by atoms with E-state index < -0.39 is 0 Å². The zero-order chi connectivity index (χ0) is 14.9. The summed E-state index contributed by atoms with van der Waals surface area (Å²) in [5, 5.41) is 0.780. The molecule has 1 amide bonds. The number of ether oxygens (including phenoxy) is 1. The standard InChI is InChI=1S/C13H22N4O2S/c1-5-16(4)13-15-11(14)10(20-13)12(18)17-6-9(3)19-7-8(17)2/h8-9H,5-7,14H2,1-4H3. The van der Waals surface area contributed by atoms with Crippen LogP contribution in [0.2, 0.25) is 0 Å². The lowest BCUT2D eigenvalue weighted by molar-refractivity contribution is -0.0385. The van der Waals surface area contributed by atoms with Crippen LogP contribution in [0.3, 0.4) is 0 Å². The highest BCUT2D eigenvalue weighted by Gasteiger charge is 2.31. The number of thiazole rings is 1. The summed E-state index contributed by atoms with van der Waals surface area (Å²) in [6.07, 6.45) is 0.0575. The Morgan fingerprint density at radius 3 is 2.95 bits per heavy atom. The van der Waals surface area contributed by atoms with Gasteiger partial charge in [-0.3, -0.25) is 4.79 Å². The van der Waals surface area contributed by atoms with Gasteiger partial charge in [-0.15, -0.1) is 0 Å². The minimum Gasteiger partial charge on any atom is -0.382 e. The molecule has 7 heteroatoms. The average molecular weight is 298 g/mol. The highest BCUT2D eigenvalue weighted by molar-refractivity contribution is 7.18. The molecule has 0 aromatic carbocycles. The summed E-state index contributed by atoms with van der Waals surface area (Å²) in [5.74, 6) is 0.278. The number of aromatic nitrogens is 1. The SMILES string of the molecule is CCN(C)c1nc(N)c(C(=O)N2CC(C)OCC2C)s1. The third kappa shape index (κ3) is 2.88. The van der Waals surface area contributed by atoms with Crippen LogP contribution in [-0.2, 0) is 4.74 Å². The number of nitrogen functional groups attached to an aromatic ring is 1. The maximum Gasteiger partial charge on any atom is 0.268 e. The van der Waals surface area contributed by atoms with Gasteiger partial charge in [0.15, 0.2) is 5.13 Å². The number of carbonyl (C=O) groups is 1. The van der Waals surface area contributed by atoms with E-state index in [-0.39, 0.29) is 18.1 Å². The molecule has 2 rings (SSSR count). The fraction of sp³-hybridized carbons (Fsp3) is 0.692. The molecule has 1 aliphatic heterocycles. The zero-order valence-corrected chi connectivity index (χ0v) is 13.2. The van der Waals surface area contributed by atoms with E-state index in [2.05, 4.69) is 4.98 Å². The molecule has 0 aliphatic carbocycles. The number of nitrogens with zero attached hydrogens (tertiary/aromatic N) is 3. The Bertz CT molecular complexity index is 491. The predicted molar refractivity (Wildman–Crippen MR) is 81.4 cm³/mol. The van der Waals surface area contributed by atoms with Crippen LogP contribution in [0.5, 0.6) is 0 Å². The Hall–Kier alpha value is -1.34. The second-order valence-corrected chi connectivity index (χ2v) is 6.15. The van der Waals surface area contributed by atoms with Gasteiger partial charge in [0.05, 0.1) is 18.8 Å². The summed E-state index contributed by atoms with van der Waals surface area (Å²) in [6, 6.07) is 0.0626. The van der Waals surface area contributed by atoms with E-state index in [0.717, 1.165) is 11.7 Å². The number of morpholine rings is 1. The van der Waals surface area contributed by atoms with Crippen molar-refractivity contribution in [1.29, 1.82) is 0 Å². The molecule has 6 nitrogen and oxygen atoms in total. The molecule has 1 aromatic heterocycles. The van der Waals surface area contributed by atoms with E-state index >= 15 is 0 Å². The summed E-state index contributed by atoms with van der Waals surface area (Å²) in [5.41, 5.74) is 5.92. The zero-order valence-electron chi connectivity index (χ0n) is 12.4. The molecule has 0 bridgehead atoms. The predicted octanol–water partition coefficient (Wildman–Crippen LogP) is 1.43. The number of anilines is 2. The van der Waals surface area contributed by atoms with Crippen molar-refractivity contribution in [3.8, 4) is 0 Å². The number of nitrogens with two attached hydrogens (primary N) is 1. The molecule has 1 fully saturated rings. The second kappa shape index (κ2) is 5.97. The fourth-order valence-electron chi connectivity index (χ4n) is 2.09. The normalized spacial score (nSPS) is 22.9. The van der Waals surface area contributed by atoms with Gasteiger partial charge in [-0.2, -0.15) is 0 Å². The Morgan fingerprint density at radius 2 is 2.30 bits per heavy atom. The van der Waals surface area contributed by atoms with Gasteiger partial charge in [0, 0.05) is 20.1 Å². The van der Waals surface area contributed by atoms with E-state index in [1.165, 1.54) is 11.3 Å². The van der Waals surface area contributed by atoms with Crippen molar-refractivity contribution in [2.75, 3.05) is 37.4 Å². The molecular formula is C13H22N4O2S. The second-order valence-electron chi connectivity index (χ2n) is 5.18. The minimum absolute atomic E-state index is 0.0431.